The van der Waals surface area contributed by atoms with Gasteiger partial charge in [0.1, 0.15) is 12.1 Å². The molecule has 1 aromatic carbocycles. The number of aromatic nitrogens is 2. The molecule has 0 bridgehead atoms. The van der Waals surface area contributed by atoms with Gasteiger partial charge in [-0.25, -0.2) is 18.4 Å². The summed E-state index contributed by atoms with van der Waals surface area (Å²) in [6.45, 7) is 5.66. The van der Waals surface area contributed by atoms with Crippen LogP contribution in [0.4, 0.5) is 11.5 Å². The Morgan fingerprint density at radius 1 is 1.26 bits per heavy atom. The number of nitrogens with zero attached hydrogens (tertiary/aromatic N) is 2. The molecule has 0 fully saturated rings. The van der Waals surface area contributed by atoms with Gasteiger partial charge in [0.25, 0.3) is 0 Å². The van der Waals surface area contributed by atoms with Crippen LogP contribution in [0.25, 0.3) is 0 Å². The molecule has 6 nitrogen and oxygen atoms in total. The van der Waals surface area contributed by atoms with Crippen molar-refractivity contribution in [3.63, 3.8) is 0 Å². The minimum absolute atomic E-state index is 0.00548. The fourth-order valence-electron chi connectivity index (χ4n) is 1.86. The van der Waals surface area contributed by atoms with E-state index in [0.717, 1.165) is 11.8 Å². The van der Waals surface area contributed by atoms with Crippen LogP contribution in [0.1, 0.15) is 19.4 Å². The van der Waals surface area contributed by atoms with Gasteiger partial charge in [0.2, 0.25) is 5.88 Å². The first-order valence-electron chi connectivity index (χ1n) is 6.93. The zero-order chi connectivity index (χ0) is 17.2. The first-order chi connectivity index (χ1) is 10.7. The van der Waals surface area contributed by atoms with Gasteiger partial charge in [0, 0.05) is 6.26 Å². The van der Waals surface area contributed by atoms with Crippen LogP contribution < -0.4 is 10.1 Å². The number of hydrogen-bond donors (Lipinski definition) is 1. The maximum Gasteiger partial charge on any atom is 0.221 e. The standard InChI is InChI=1S/C15H18ClN3O3S/c1-9(2)22-15-10(3)14(17-8-18-15)19-13-6-5-11(7-12(13)16)23(4,20)21/h5-9H,1-4H3,(H,17,18,19). The van der Waals surface area contributed by atoms with Crippen LogP contribution in [0.15, 0.2) is 29.4 Å². The van der Waals surface area contributed by atoms with Crippen molar-refractivity contribution in [1.82, 2.24) is 9.97 Å². The third kappa shape index (κ3) is 4.33. The highest BCUT2D eigenvalue weighted by Gasteiger charge is 2.13. The molecule has 8 heteroatoms. The molecule has 1 aromatic heterocycles. The number of ether oxygens (including phenoxy) is 1. The Labute approximate surface area is 140 Å². The van der Waals surface area contributed by atoms with Crippen molar-refractivity contribution < 1.29 is 13.2 Å². The van der Waals surface area contributed by atoms with E-state index in [1.807, 2.05) is 20.8 Å². The van der Waals surface area contributed by atoms with Gasteiger partial charge in [-0.3, -0.25) is 0 Å². The molecule has 0 spiro atoms. The van der Waals surface area contributed by atoms with E-state index in [1.165, 1.54) is 18.5 Å². The molecule has 0 radical (unpaired) electrons. The molecule has 0 saturated carbocycles. The summed E-state index contributed by atoms with van der Waals surface area (Å²) in [6.07, 6.45) is 2.52. The number of halogens is 1. The highest BCUT2D eigenvalue weighted by atomic mass is 35.5. The van der Waals surface area contributed by atoms with Crippen molar-refractivity contribution in [3.05, 3.63) is 35.1 Å². The lowest BCUT2D eigenvalue weighted by molar-refractivity contribution is 0.230. The van der Waals surface area contributed by atoms with Crippen molar-refractivity contribution >= 4 is 32.9 Å². The Morgan fingerprint density at radius 2 is 1.96 bits per heavy atom. The monoisotopic (exact) mass is 355 g/mol. The molecule has 0 aliphatic heterocycles. The van der Waals surface area contributed by atoms with Crippen molar-refractivity contribution in [2.45, 2.75) is 31.8 Å². The van der Waals surface area contributed by atoms with Gasteiger partial charge in [-0.2, -0.15) is 0 Å². The number of sulfone groups is 1. The molecule has 2 aromatic rings. The van der Waals surface area contributed by atoms with Crippen LogP contribution in [-0.4, -0.2) is 30.7 Å². The van der Waals surface area contributed by atoms with Crippen LogP contribution in [0.3, 0.4) is 0 Å². The Hall–Kier alpha value is -1.86. The summed E-state index contributed by atoms with van der Waals surface area (Å²) in [5.41, 5.74) is 1.29. The summed E-state index contributed by atoms with van der Waals surface area (Å²) < 4.78 is 28.7. The normalized spacial score (nSPS) is 11.6. The van der Waals surface area contributed by atoms with E-state index in [1.54, 1.807) is 6.07 Å². The van der Waals surface area contributed by atoms with Crippen LogP contribution in [0.2, 0.25) is 5.02 Å². The Morgan fingerprint density at radius 3 is 2.52 bits per heavy atom. The molecule has 1 N–H and O–H groups in total. The van der Waals surface area contributed by atoms with E-state index in [0.29, 0.717) is 17.4 Å². The average Bonchev–Trinajstić information content (AvgIpc) is 2.43. The number of rotatable bonds is 5. The second kappa shape index (κ2) is 6.72. The lowest BCUT2D eigenvalue weighted by atomic mass is 10.3. The van der Waals surface area contributed by atoms with Gasteiger partial charge < -0.3 is 10.1 Å². The van der Waals surface area contributed by atoms with Gasteiger partial charge in [0.05, 0.1) is 27.3 Å². The van der Waals surface area contributed by atoms with E-state index in [2.05, 4.69) is 15.3 Å². The Balaban J connectivity index is 2.33. The summed E-state index contributed by atoms with van der Waals surface area (Å²) in [6, 6.07) is 4.50. The Kier molecular flexibility index (Phi) is 5.11. The maximum absolute atomic E-state index is 11.5. The molecule has 0 saturated heterocycles. The average molecular weight is 356 g/mol. The first kappa shape index (κ1) is 17.5. The quantitative estimate of drug-likeness (QED) is 0.885. The summed E-state index contributed by atoms with van der Waals surface area (Å²) in [7, 11) is -3.30. The summed E-state index contributed by atoms with van der Waals surface area (Å²) >= 11 is 6.16. The van der Waals surface area contributed by atoms with Crippen molar-refractivity contribution in [3.8, 4) is 5.88 Å². The minimum atomic E-state index is -3.30. The molecule has 1 heterocycles. The molecule has 23 heavy (non-hydrogen) atoms. The van der Waals surface area contributed by atoms with Gasteiger partial charge >= 0.3 is 0 Å². The number of benzene rings is 1. The highest BCUT2D eigenvalue weighted by Crippen LogP contribution is 2.30. The van der Waals surface area contributed by atoms with Gasteiger partial charge in [-0.15, -0.1) is 0 Å². The second-order valence-corrected chi connectivity index (χ2v) is 7.78. The predicted octanol–water partition coefficient (Wildman–Crippen LogP) is 3.37. The second-order valence-electron chi connectivity index (χ2n) is 5.36. The zero-order valence-electron chi connectivity index (χ0n) is 13.3. The lowest BCUT2D eigenvalue weighted by Gasteiger charge is -2.15. The van der Waals surface area contributed by atoms with E-state index >= 15 is 0 Å². The van der Waals surface area contributed by atoms with Crippen LogP contribution in [-0.2, 0) is 9.84 Å². The Bertz CT molecular complexity index is 823. The van der Waals surface area contributed by atoms with E-state index < -0.39 is 9.84 Å². The maximum atomic E-state index is 11.5. The summed E-state index contributed by atoms with van der Waals surface area (Å²) in [4.78, 5) is 8.44. The van der Waals surface area contributed by atoms with E-state index in [4.69, 9.17) is 16.3 Å². The van der Waals surface area contributed by atoms with Crippen molar-refractivity contribution in [1.29, 1.82) is 0 Å². The van der Waals surface area contributed by atoms with Gasteiger partial charge in [-0.05, 0) is 39.0 Å². The molecule has 0 atom stereocenters. The number of anilines is 2. The third-order valence-electron chi connectivity index (χ3n) is 3.01. The first-order valence-corrected chi connectivity index (χ1v) is 9.20. The van der Waals surface area contributed by atoms with Crippen molar-refractivity contribution in [2.24, 2.45) is 0 Å². The third-order valence-corrected chi connectivity index (χ3v) is 4.43. The number of nitrogens with one attached hydrogen (secondary N) is 1. The van der Waals surface area contributed by atoms with Gasteiger partial charge in [0.15, 0.2) is 9.84 Å². The lowest BCUT2D eigenvalue weighted by Crippen LogP contribution is -2.10. The largest absolute Gasteiger partial charge is 0.475 e. The molecule has 0 aliphatic rings. The zero-order valence-corrected chi connectivity index (χ0v) is 14.9. The molecule has 124 valence electrons. The van der Waals surface area contributed by atoms with Gasteiger partial charge in [-0.1, -0.05) is 11.6 Å². The predicted molar refractivity (Wildman–Crippen MR) is 90.4 cm³/mol. The topological polar surface area (TPSA) is 81.2 Å². The molecule has 0 aliphatic carbocycles. The number of hydrogen-bond acceptors (Lipinski definition) is 6. The molecule has 2 rings (SSSR count). The fraction of sp³-hybridized carbons (Fsp3) is 0.333. The van der Waals surface area contributed by atoms with Crippen LogP contribution in [0.5, 0.6) is 5.88 Å². The molecule has 0 amide bonds. The molecular formula is C15H18ClN3O3S. The van der Waals surface area contributed by atoms with Crippen molar-refractivity contribution in [2.75, 3.05) is 11.6 Å². The highest BCUT2D eigenvalue weighted by molar-refractivity contribution is 7.90. The van der Waals surface area contributed by atoms with Crippen LogP contribution >= 0.6 is 11.6 Å². The van der Waals surface area contributed by atoms with Crippen LogP contribution in [0, 0.1) is 6.92 Å². The SMILES string of the molecule is Cc1c(Nc2ccc(S(C)(=O)=O)cc2Cl)ncnc1OC(C)C. The summed E-state index contributed by atoms with van der Waals surface area (Å²) in [5.74, 6) is 1.03. The summed E-state index contributed by atoms with van der Waals surface area (Å²) in [5, 5.41) is 3.36. The fourth-order valence-corrected chi connectivity index (χ4v) is 2.80. The smallest absolute Gasteiger partial charge is 0.221 e. The molecular weight excluding hydrogens is 338 g/mol. The minimum Gasteiger partial charge on any atom is -0.475 e. The molecule has 0 unspecified atom stereocenters. The van der Waals surface area contributed by atoms with E-state index in [9.17, 15) is 8.42 Å². The van der Waals surface area contributed by atoms with E-state index in [-0.39, 0.29) is 16.0 Å².